The van der Waals surface area contributed by atoms with E-state index in [-0.39, 0.29) is 11.9 Å². The van der Waals surface area contributed by atoms with E-state index < -0.39 is 0 Å². The van der Waals surface area contributed by atoms with Crippen LogP contribution in [0.4, 0.5) is 0 Å². The van der Waals surface area contributed by atoms with Crippen LogP contribution in [-0.2, 0) is 11.2 Å². The zero-order chi connectivity index (χ0) is 20.9. The first kappa shape index (κ1) is 22.2. The fraction of sp³-hybridized carbons (Fsp3) is 0.409. The van der Waals surface area contributed by atoms with Crippen molar-refractivity contribution in [3.8, 4) is 5.75 Å². The van der Waals surface area contributed by atoms with Crippen molar-refractivity contribution in [3.63, 3.8) is 0 Å². The number of ether oxygens (including phenoxy) is 1. The summed E-state index contributed by atoms with van der Waals surface area (Å²) < 4.78 is 5.44. The van der Waals surface area contributed by atoms with Crippen LogP contribution in [0.2, 0.25) is 0 Å². The summed E-state index contributed by atoms with van der Waals surface area (Å²) in [5, 5.41) is 6.07. The number of carbonyl (C=O) groups excluding carboxylic acids is 1. The van der Waals surface area contributed by atoms with Gasteiger partial charge in [-0.3, -0.25) is 14.8 Å². The standard InChI is InChI=1S/C22H31N5O2/c1-3-29-20-11-9-18(10-12-20)17(2)27-21(28)8-6-15-25-22(23)26-16-13-19-7-4-5-14-24-19/h4-5,7,9-12,14,17H,3,6,8,13,15-16H2,1-2H3,(H,27,28)(H3,23,25,26). The molecule has 2 rings (SSSR count). The Bertz CT molecular complexity index is 763. The van der Waals surface area contributed by atoms with Crippen molar-refractivity contribution in [2.45, 2.75) is 39.2 Å². The van der Waals surface area contributed by atoms with Gasteiger partial charge in [-0.2, -0.15) is 0 Å². The second-order valence-corrected chi connectivity index (χ2v) is 6.66. The second kappa shape index (κ2) is 12.4. The number of guanidine groups is 1. The van der Waals surface area contributed by atoms with Gasteiger partial charge in [-0.1, -0.05) is 18.2 Å². The Labute approximate surface area is 172 Å². The molecule has 1 aromatic heterocycles. The molecular formula is C22H31N5O2. The first-order valence-electron chi connectivity index (χ1n) is 10.0. The number of benzene rings is 1. The van der Waals surface area contributed by atoms with Gasteiger partial charge in [0.2, 0.25) is 5.91 Å². The Hall–Kier alpha value is -3.09. The zero-order valence-electron chi connectivity index (χ0n) is 17.2. The molecule has 0 aliphatic rings. The molecule has 0 aliphatic carbocycles. The summed E-state index contributed by atoms with van der Waals surface area (Å²) >= 11 is 0. The van der Waals surface area contributed by atoms with E-state index in [0.717, 1.165) is 23.4 Å². The number of carbonyl (C=O) groups is 1. The van der Waals surface area contributed by atoms with Crippen LogP contribution in [0.5, 0.6) is 5.75 Å². The molecule has 0 bridgehead atoms. The lowest BCUT2D eigenvalue weighted by molar-refractivity contribution is -0.121. The highest BCUT2D eigenvalue weighted by atomic mass is 16.5. The summed E-state index contributed by atoms with van der Waals surface area (Å²) in [6.45, 7) is 5.74. The number of hydrogen-bond acceptors (Lipinski definition) is 4. The summed E-state index contributed by atoms with van der Waals surface area (Å²) in [7, 11) is 0. The zero-order valence-corrected chi connectivity index (χ0v) is 17.2. The molecule has 4 N–H and O–H groups in total. The quantitative estimate of drug-likeness (QED) is 0.307. The number of nitrogens with one attached hydrogen (secondary N) is 2. The number of pyridine rings is 1. The van der Waals surface area contributed by atoms with E-state index in [1.807, 2.05) is 56.3 Å². The van der Waals surface area contributed by atoms with E-state index in [2.05, 4.69) is 20.6 Å². The molecule has 29 heavy (non-hydrogen) atoms. The summed E-state index contributed by atoms with van der Waals surface area (Å²) in [5.41, 5.74) is 7.90. The van der Waals surface area contributed by atoms with Gasteiger partial charge in [0.1, 0.15) is 5.75 Å². The molecule has 7 heteroatoms. The van der Waals surface area contributed by atoms with Gasteiger partial charge in [0.15, 0.2) is 5.96 Å². The lowest BCUT2D eigenvalue weighted by Crippen LogP contribution is -2.33. The van der Waals surface area contributed by atoms with Gasteiger partial charge in [0, 0.05) is 37.8 Å². The number of nitrogens with zero attached hydrogens (tertiary/aromatic N) is 2. The van der Waals surface area contributed by atoms with Gasteiger partial charge in [-0.25, -0.2) is 0 Å². The first-order chi connectivity index (χ1) is 14.1. The lowest BCUT2D eigenvalue weighted by atomic mass is 10.1. The van der Waals surface area contributed by atoms with E-state index in [9.17, 15) is 4.79 Å². The van der Waals surface area contributed by atoms with Crippen molar-refractivity contribution >= 4 is 11.9 Å². The minimum absolute atomic E-state index is 0.00303. The van der Waals surface area contributed by atoms with Crippen LogP contribution in [0.25, 0.3) is 0 Å². The van der Waals surface area contributed by atoms with Crippen molar-refractivity contribution in [2.24, 2.45) is 10.7 Å². The van der Waals surface area contributed by atoms with E-state index in [1.165, 1.54) is 0 Å². The highest BCUT2D eigenvalue weighted by Gasteiger charge is 2.09. The summed E-state index contributed by atoms with van der Waals surface area (Å²) in [5.74, 6) is 1.23. The maximum atomic E-state index is 12.1. The first-order valence-corrected chi connectivity index (χ1v) is 10.0. The van der Waals surface area contributed by atoms with Crippen molar-refractivity contribution in [3.05, 3.63) is 59.9 Å². The van der Waals surface area contributed by atoms with Crippen LogP contribution in [0.3, 0.4) is 0 Å². The SMILES string of the molecule is CCOc1ccc(C(C)NC(=O)CCCN=C(N)NCCc2ccccn2)cc1. The van der Waals surface area contributed by atoms with Crippen molar-refractivity contribution in [1.82, 2.24) is 15.6 Å². The smallest absolute Gasteiger partial charge is 0.220 e. The molecule has 156 valence electrons. The molecule has 0 saturated carbocycles. The fourth-order valence-electron chi connectivity index (χ4n) is 2.78. The largest absolute Gasteiger partial charge is 0.494 e. The summed E-state index contributed by atoms with van der Waals surface area (Å²) in [6.07, 6.45) is 3.61. The lowest BCUT2D eigenvalue weighted by Gasteiger charge is -2.15. The molecule has 0 saturated heterocycles. The second-order valence-electron chi connectivity index (χ2n) is 6.66. The summed E-state index contributed by atoms with van der Waals surface area (Å²) in [4.78, 5) is 20.6. The number of aliphatic imine (C=N–C) groups is 1. The maximum Gasteiger partial charge on any atom is 0.220 e. The molecule has 0 radical (unpaired) electrons. The summed E-state index contributed by atoms with van der Waals surface area (Å²) in [6, 6.07) is 13.5. The minimum atomic E-state index is -0.0555. The highest BCUT2D eigenvalue weighted by Crippen LogP contribution is 2.17. The third kappa shape index (κ3) is 8.64. The van der Waals surface area contributed by atoms with Gasteiger partial charge >= 0.3 is 0 Å². The van der Waals surface area contributed by atoms with Crippen LogP contribution in [0, 0.1) is 0 Å². The highest BCUT2D eigenvalue weighted by molar-refractivity contribution is 5.78. The number of nitrogens with two attached hydrogens (primary N) is 1. The minimum Gasteiger partial charge on any atom is -0.494 e. The Morgan fingerprint density at radius 3 is 2.72 bits per heavy atom. The van der Waals surface area contributed by atoms with Crippen LogP contribution in [0.15, 0.2) is 53.7 Å². The molecule has 0 spiro atoms. The van der Waals surface area contributed by atoms with Crippen LogP contribution >= 0.6 is 0 Å². The topological polar surface area (TPSA) is 102 Å². The van der Waals surface area contributed by atoms with Crippen molar-refractivity contribution in [1.29, 1.82) is 0 Å². The fourth-order valence-corrected chi connectivity index (χ4v) is 2.78. The number of amides is 1. The predicted octanol–water partition coefficient (Wildman–Crippen LogP) is 2.58. The normalized spacial score (nSPS) is 12.3. The molecule has 1 heterocycles. The maximum absolute atomic E-state index is 12.1. The third-order valence-electron chi connectivity index (χ3n) is 4.33. The van der Waals surface area contributed by atoms with Crippen LogP contribution in [0.1, 0.15) is 44.0 Å². The van der Waals surface area contributed by atoms with E-state index >= 15 is 0 Å². The van der Waals surface area contributed by atoms with E-state index in [1.54, 1.807) is 6.20 Å². The van der Waals surface area contributed by atoms with Gasteiger partial charge < -0.3 is 21.1 Å². The molecular weight excluding hydrogens is 366 g/mol. The van der Waals surface area contributed by atoms with Crippen molar-refractivity contribution in [2.75, 3.05) is 19.7 Å². The molecule has 1 amide bonds. The Morgan fingerprint density at radius 2 is 2.03 bits per heavy atom. The third-order valence-corrected chi connectivity index (χ3v) is 4.33. The van der Waals surface area contributed by atoms with Gasteiger partial charge in [0.05, 0.1) is 12.6 Å². The number of aromatic nitrogens is 1. The van der Waals surface area contributed by atoms with E-state index in [0.29, 0.717) is 38.5 Å². The number of hydrogen-bond donors (Lipinski definition) is 3. The van der Waals surface area contributed by atoms with Crippen molar-refractivity contribution < 1.29 is 9.53 Å². The molecule has 7 nitrogen and oxygen atoms in total. The van der Waals surface area contributed by atoms with Crippen LogP contribution in [-0.4, -0.2) is 36.5 Å². The molecule has 1 unspecified atom stereocenters. The van der Waals surface area contributed by atoms with E-state index in [4.69, 9.17) is 10.5 Å². The molecule has 0 fully saturated rings. The average molecular weight is 398 g/mol. The van der Waals surface area contributed by atoms with Gasteiger partial charge in [-0.05, 0) is 50.1 Å². The Balaban J connectivity index is 1.62. The molecule has 1 aromatic carbocycles. The number of rotatable bonds is 11. The molecule has 2 aromatic rings. The van der Waals surface area contributed by atoms with Crippen LogP contribution < -0.4 is 21.1 Å². The van der Waals surface area contributed by atoms with Gasteiger partial charge in [-0.15, -0.1) is 0 Å². The van der Waals surface area contributed by atoms with Gasteiger partial charge in [0.25, 0.3) is 0 Å². The molecule has 1 atom stereocenters. The Morgan fingerprint density at radius 1 is 1.24 bits per heavy atom. The average Bonchev–Trinajstić information content (AvgIpc) is 2.73. The predicted molar refractivity (Wildman–Crippen MR) is 116 cm³/mol. The Kier molecular flexibility index (Phi) is 9.48. The molecule has 0 aliphatic heterocycles. The monoisotopic (exact) mass is 397 g/mol.